The van der Waals surface area contributed by atoms with Crippen molar-refractivity contribution < 1.29 is 10.2 Å². The van der Waals surface area contributed by atoms with Crippen molar-refractivity contribution in [2.24, 2.45) is 17.8 Å². The minimum absolute atomic E-state index is 0.0793. The van der Waals surface area contributed by atoms with E-state index in [1.165, 1.54) is 32.4 Å². The molecule has 0 amide bonds. The lowest BCUT2D eigenvalue weighted by molar-refractivity contribution is 0.195. The van der Waals surface area contributed by atoms with Gasteiger partial charge in [0.25, 0.3) is 0 Å². The normalized spacial score (nSPS) is 31.2. The van der Waals surface area contributed by atoms with Crippen molar-refractivity contribution in [2.45, 2.75) is 19.3 Å². The molecule has 1 aliphatic heterocycles. The van der Waals surface area contributed by atoms with Gasteiger partial charge in [-0.25, -0.2) is 0 Å². The number of aliphatic hydroxyl groups excluding tert-OH is 2. The maximum Gasteiger partial charge on any atom is 0.167 e. The summed E-state index contributed by atoms with van der Waals surface area (Å²) in [5, 5.41) is 18.8. The number of aliphatic hydroxyl groups is 2. The minimum atomic E-state index is 0.0793. The van der Waals surface area contributed by atoms with Crippen molar-refractivity contribution in [3.63, 3.8) is 0 Å². The van der Waals surface area contributed by atoms with Gasteiger partial charge in [-0.2, -0.15) is 0 Å². The van der Waals surface area contributed by atoms with Crippen molar-refractivity contribution in [3.05, 3.63) is 34.9 Å². The lowest BCUT2D eigenvalue weighted by Gasteiger charge is -2.23. The van der Waals surface area contributed by atoms with Gasteiger partial charge in [-0.15, -0.1) is 0 Å². The minimum Gasteiger partial charge on any atom is -0.501 e. The molecule has 1 heterocycles. The number of hydrogen-bond acceptors (Lipinski definition) is 3. The first kappa shape index (κ1) is 12.8. The zero-order valence-electron chi connectivity index (χ0n) is 11.2. The Morgan fingerprint density at radius 3 is 2.53 bits per heavy atom. The summed E-state index contributed by atoms with van der Waals surface area (Å²) in [5.74, 6) is 1.95. The molecule has 0 spiro atoms. The average Bonchev–Trinajstić information content (AvgIpc) is 2.98. The molecule has 2 aliphatic carbocycles. The summed E-state index contributed by atoms with van der Waals surface area (Å²) in [5.41, 5.74) is 6.57. The molecule has 2 fully saturated rings. The predicted molar refractivity (Wildman–Crippen MR) is 73.7 cm³/mol. The molecule has 3 heteroatoms. The van der Waals surface area contributed by atoms with Crippen LogP contribution in [0.25, 0.3) is 0 Å². The van der Waals surface area contributed by atoms with Crippen LogP contribution in [0, 0.1) is 17.8 Å². The first-order valence-electron chi connectivity index (χ1n) is 7.22. The van der Waals surface area contributed by atoms with E-state index in [2.05, 4.69) is 16.4 Å². The van der Waals surface area contributed by atoms with E-state index in [4.69, 9.17) is 0 Å². The molecular weight excluding hydrogens is 238 g/mol. The molecule has 2 N–H and O–H groups in total. The summed E-state index contributed by atoms with van der Waals surface area (Å²) in [6.45, 7) is 3.38. The molecule has 1 saturated carbocycles. The molecule has 0 radical (unpaired) electrons. The number of allylic oxidation sites excluding steroid dienone is 2. The van der Waals surface area contributed by atoms with Crippen LogP contribution in [-0.4, -0.2) is 41.4 Å². The van der Waals surface area contributed by atoms with Crippen LogP contribution < -0.4 is 0 Å². The molecule has 0 aromatic heterocycles. The van der Waals surface area contributed by atoms with Gasteiger partial charge in [0.2, 0.25) is 0 Å². The smallest absolute Gasteiger partial charge is 0.167 e. The molecule has 0 bridgehead atoms. The highest BCUT2D eigenvalue weighted by molar-refractivity contribution is 5.30. The molecule has 3 aliphatic rings. The maximum absolute atomic E-state index is 9.59. The van der Waals surface area contributed by atoms with Crippen LogP contribution >= 0.6 is 0 Å². The van der Waals surface area contributed by atoms with Crippen LogP contribution in [0.2, 0.25) is 0 Å². The van der Waals surface area contributed by atoms with E-state index in [0.29, 0.717) is 0 Å². The Morgan fingerprint density at radius 1 is 1.21 bits per heavy atom. The monoisotopic (exact) mass is 259 g/mol. The first-order chi connectivity index (χ1) is 9.26. The first-order valence-corrected chi connectivity index (χ1v) is 7.22. The molecule has 102 valence electrons. The Hall–Kier alpha value is -1.24. The standard InChI is InChI=1S/C16H21NO2/c18-11-15(12-4-6-16(19)7-5-12)10-17-8-13-2-1-3-14(13)9-17/h4,6,13-15,18-19H,1-3,8-11H2. The van der Waals surface area contributed by atoms with Gasteiger partial charge in [0, 0.05) is 31.1 Å². The lowest BCUT2D eigenvalue weighted by atomic mass is 9.98. The third-order valence-electron chi connectivity index (χ3n) is 4.70. The lowest BCUT2D eigenvalue weighted by Crippen LogP contribution is -2.30. The Labute approximate surface area is 114 Å². The van der Waals surface area contributed by atoms with Gasteiger partial charge in [-0.05, 0) is 42.6 Å². The Morgan fingerprint density at radius 2 is 1.95 bits per heavy atom. The third kappa shape index (κ3) is 2.70. The highest BCUT2D eigenvalue weighted by Gasteiger charge is 2.36. The molecule has 19 heavy (non-hydrogen) atoms. The van der Waals surface area contributed by atoms with Crippen molar-refractivity contribution in [2.75, 3.05) is 26.2 Å². The van der Waals surface area contributed by atoms with E-state index >= 15 is 0 Å². The van der Waals surface area contributed by atoms with E-state index in [1.54, 1.807) is 6.08 Å². The summed E-state index contributed by atoms with van der Waals surface area (Å²) in [7, 11) is 0. The fraction of sp³-hybridized carbons (Fsp3) is 0.625. The van der Waals surface area contributed by atoms with Crippen LogP contribution in [0.5, 0.6) is 0 Å². The Kier molecular flexibility index (Phi) is 3.63. The van der Waals surface area contributed by atoms with Crippen molar-refractivity contribution in [3.8, 4) is 0 Å². The van der Waals surface area contributed by atoms with Crippen LogP contribution in [0.1, 0.15) is 19.3 Å². The Bertz CT molecular complexity index is 469. The second-order valence-corrected chi connectivity index (χ2v) is 5.97. The SMILES string of the molecule is OCC(CN1CC2CCCC2C1)C1=C=C=C(O)C=C1. The van der Waals surface area contributed by atoms with Crippen molar-refractivity contribution >= 4 is 0 Å². The molecular formula is C16H21NO2. The summed E-state index contributed by atoms with van der Waals surface area (Å²) in [4.78, 5) is 2.48. The van der Waals surface area contributed by atoms with Crippen LogP contribution in [0.3, 0.4) is 0 Å². The zero-order chi connectivity index (χ0) is 13.2. The average molecular weight is 259 g/mol. The van der Waals surface area contributed by atoms with E-state index < -0.39 is 0 Å². The summed E-state index contributed by atoms with van der Waals surface area (Å²) in [6, 6.07) is 0. The number of fused-ring (bicyclic) bond motifs is 1. The zero-order valence-corrected chi connectivity index (χ0v) is 11.2. The summed E-state index contributed by atoms with van der Waals surface area (Å²) >= 11 is 0. The second kappa shape index (κ2) is 5.40. The number of likely N-dealkylation sites (tertiary alicyclic amines) is 1. The fourth-order valence-corrected chi connectivity index (χ4v) is 3.67. The molecule has 3 atom stereocenters. The van der Waals surface area contributed by atoms with Gasteiger partial charge in [0.1, 0.15) is 0 Å². The number of nitrogens with zero attached hydrogens (tertiary/aromatic N) is 1. The topological polar surface area (TPSA) is 43.7 Å². The van der Waals surface area contributed by atoms with Gasteiger partial charge in [-0.3, -0.25) is 0 Å². The highest BCUT2D eigenvalue weighted by Crippen LogP contribution is 2.38. The van der Waals surface area contributed by atoms with Crippen LogP contribution in [0.4, 0.5) is 0 Å². The summed E-state index contributed by atoms with van der Waals surface area (Å²) < 4.78 is 0. The Balaban J connectivity index is 1.65. The molecule has 3 nitrogen and oxygen atoms in total. The maximum atomic E-state index is 9.59. The highest BCUT2D eigenvalue weighted by atomic mass is 16.3. The largest absolute Gasteiger partial charge is 0.501 e. The predicted octanol–water partition coefficient (Wildman–Crippen LogP) is 2.02. The second-order valence-electron chi connectivity index (χ2n) is 5.97. The molecule has 0 aromatic rings. The molecule has 3 rings (SSSR count). The summed E-state index contributed by atoms with van der Waals surface area (Å²) in [6.07, 6.45) is 7.61. The van der Waals surface area contributed by atoms with Gasteiger partial charge < -0.3 is 15.1 Å². The van der Waals surface area contributed by atoms with E-state index in [-0.39, 0.29) is 18.3 Å². The van der Waals surface area contributed by atoms with E-state index in [1.807, 2.05) is 6.08 Å². The van der Waals surface area contributed by atoms with Crippen molar-refractivity contribution in [1.82, 2.24) is 4.90 Å². The van der Waals surface area contributed by atoms with E-state index in [0.717, 1.165) is 24.0 Å². The van der Waals surface area contributed by atoms with Gasteiger partial charge in [0.05, 0.1) is 6.61 Å². The molecule has 1 saturated heterocycles. The van der Waals surface area contributed by atoms with Gasteiger partial charge in [-0.1, -0.05) is 12.2 Å². The van der Waals surface area contributed by atoms with Crippen LogP contribution in [0.15, 0.2) is 34.9 Å². The number of rotatable bonds is 4. The number of hydrogen-bond donors (Lipinski definition) is 2. The quantitative estimate of drug-likeness (QED) is 0.759. The van der Waals surface area contributed by atoms with E-state index in [9.17, 15) is 10.2 Å². The van der Waals surface area contributed by atoms with Crippen LogP contribution in [-0.2, 0) is 0 Å². The fourth-order valence-electron chi connectivity index (χ4n) is 3.67. The third-order valence-corrected chi connectivity index (χ3v) is 4.70. The van der Waals surface area contributed by atoms with Gasteiger partial charge >= 0.3 is 0 Å². The van der Waals surface area contributed by atoms with Crippen molar-refractivity contribution in [1.29, 1.82) is 0 Å². The molecule has 3 unspecified atom stereocenters. The van der Waals surface area contributed by atoms with Gasteiger partial charge in [0.15, 0.2) is 5.76 Å². The molecule has 0 aromatic carbocycles.